The van der Waals surface area contributed by atoms with Crippen molar-refractivity contribution in [3.63, 3.8) is 0 Å². The van der Waals surface area contributed by atoms with Crippen LogP contribution in [0.3, 0.4) is 0 Å². The summed E-state index contributed by atoms with van der Waals surface area (Å²) in [6, 6.07) is 9.09. The number of fused-ring (bicyclic) bond motifs is 1. The first-order valence-electron chi connectivity index (χ1n) is 13.4. The van der Waals surface area contributed by atoms with Crippen molar-refractivity contribution in [2.24, 2.45) is 5.41 Å². The molecule has 11 heteroatoms. The Hall–Kier alpha value is -2.60. The average Bonchev–Trinajstić information content (AvgIpc) is 3.22. The second-order valence-electron chi connectivity index (χ2n) is 12.6. The number of benzene rings is 1. The lowest BCUT2D eigenvalue weighted by Gasteiger charge is -2.34. The minimum absolute atomic E-state index is 0.0114. The van der Waals surface area contributed by atoms with Crippen molar-refractivity contribution in [2.45, 2.75) is 53.2 Å². The smallest absolute Gasteiger partial charge is 0.211 e. The molecule has 0 radical (unpaired) electrons. The van der Waals surface area contributed by atoms with Crippen LogP contribution in [-0.4, -0.2) is 80.2 Å². The molecular weight excluding hydrogens is 530 g/mol. The highest BCUT2D eigenvalue weighted by Gasteiger charge is 2.28. The van der Waals surface area contributed by atoms with E-state index >= 15 is 0 Å². The summed E-state index contributed by atoms with van der Waals surface area (Å²) in [6.07, 6.45) is 4.82. The average molecular weight is 572 g/mol. The molecule has 39 heavy (non-hydrogen) atoms. The van der Waals surface area contributed by atoms with Gasteiger partial charge in [0.2, 0.25) is 10.0 Å². The lowest BCUT2D eigenvalue weighted by atomic mass is 9.87. The predicted octanol–water partition coefficient (Wildman–Crippen LogP) is 4.72. The van der Waals surface area contributed by atoms with E-state index in [0.717, 1.165) is 17.3 Å². The monoisotopic (exact) mass is 571 g/mol. The Balaban J connectivity index is 1.63. The molecular formula is C28H41N5O4SSi. The number of hydrogen-bond donors (Lipinski definition) is 0. The van der Waals surface area contributed by atoms with Crippen molar-refractivity contribution in [3.8, 4) is 11.3 Å². The standard InChI is InChI=1S/C28H41N5O4SSi/c1-28(2,3)26(34)23-19-32(20-37-15-16-39(5,6)7)27-25(23)30-24(18-29-27)21-9-8-10-22(17-21)31-11-13-33(14-12-31)38(4,35)36/h8-10,17-19H,11-16,20H2,1-7H3. The Morgan fingerprint density at radius 3 is 2.41 bits per heavy atom. The van der Waals surface area contributed by atoms with Crippen LogP contribution in [0.2, 0.25) is 25.7 Å². The number of rotatable bonds is 9. The Morgan fingerprint density at radius 1 is 1.10 bits per heavy atom. The summed E-state index contributed by atoms with van der Waals surface area (Å²) in [5.41, 5.74) is 3.76. The minimum Gasteiger partial charge on any atom is -0.369 e. The molecule has 1 saturated heterocycles. The second-order valence-corrected chi connectivity index (χ2v) is 20.2. The molecule has 4 rings (SSSR count). The summed E-state index contributed by atoms with van der Waals surface area (Å²) in [5, 5.41) is 0. The van der Waals surface area contributed by atoms with Gasteiger partial charge >= 0.3 is 0 Å². The molecule has 0 bridgehead atoms. The van der Waals surface area contributed by atoms with Gasteiger partial charge in [-0.1, -0.05) is 52.5 Å². The maximum atomic E-state index is 13.4. The first-order chi connectivity index (χ1) is 18.1. The van der Waals surface area contributed by atoms with Gasteiger partial charge in [-0.3, -0.25) is 4.79 Å². The van der Waals surface area contributed by atoms with Crippen molar-refractivity contribution >= 4 is 40.7 Å². The predicted molar refractivity (Wildman–Crippen MR) is 159 cm³/mol. The molecule has 3 aromatic rings. The molecule has 212 valence electrons. The van der Waals surface area contributed by atoms with E-state index in [0.29, 0.717) is 61.9 Å². The van der Waals surface area contributed by atoms with E-state index in [-0.39, 0.29) is 5.78 Å². The fraction of sp³-hybridized carbons (Fsp3) is 0.536. The number of Topliss-reactive ketones (excluding diaryl/α,β-unsaturated/α-hetero) is 1. The molecule has 0 spiro atoms. The van der Waals surface area contributed by atoms with Gasteiger partial charge in [0.25, 0.3) is 0 Å². The number of aromatic nitrogens is 3. The Kier molecular flexibility index (Phi) is 8.37. The van der Waals surface area contributed by atoms with E-state index in [1.54, 1.807) is 6.20 Å². The Bertz CT molecular complexity index is 1450. The highest BCUT2D eigenvalue weighted by atomic mass is 32.2. The molecule has 0 amide bonds. The highest BCUT2D eigenvalue weighted by Crippen LogP contribution is 2.30. The molecule has 9 nitrogen and oxygen atoms in total. The summed E-state index contributed by atoms with van der Waals surface area (Å²) in [5.74, 6) is 0.0114. The molecule has 2 aromatic heterocycles. The SMILES string of the molecule is CC(C)(C)C(=O)c1cn(COCC[Si](C)(C)C)c2ncc(-c3cccc(N4CCN(S(C)(=O)=O)CC4)c3)nc12. The summed E-state index contributed by atoms with van der Waals surface area (Å²) in [7, 11) is -4.40. The number of nitrogens with zero attached hydrogens (tertiary/aromatic N) is 5. The molecule has 3 heterocycles. The third-order valence-corrected chi connectivity index (χ3v) is 9.94. The maximum Gasteiger partial charge on any atom is 0.211 e. The number of sulfonamides is 1. The zero-order valence-electron chi connectivity index (χ0n) is 24.2. The molecule has 0 atom stereocenters. The molecule has 0 saturated carbocycles. The van der Waals surface area contributed by atoms with E-state index in [4.69, 9.17) is 14.7 Å². The zero-order chi connectivity index (χ0) is 28.6. The molecule has 1 aliphatic rings. The fourth-order valence-electron chi connectivity index (χ4n) is 4.54. The number of ketones is 1. The summed E-state index contributed by atoms with van der Waals surface area (Å²) < 4.78 is 33.2. The van der Waals surface area contributed by atoms with Crippen LogP contribution in [-0.2, 0) is 21.5 Å². The topological polar surface area (TPSA) is 97.6 Å². The summed E-state index contributed by atoms with van der Waals surface area (Å²) >= 11 is 0. The van der Waals surface area contributed by atoms with Gasteiger partial charge in [0.1, 0.15) is 12.2 Å². The molecule has 1 aromatic carbocycles. The van der Waals surface area contributed by atoms with Gasteiger partial charge in [-0.15, -0.1) is 0 Å². The zero-order valence-corrected chi connectivity index (χ0v) is 26.0. The van der Waals surface area contributed by atoms with Gasteiger partial charge in [0, 0.05) is 63.7 Å². The van der Waals surface area contributed by atoms with E-state index in [9.17, 15) is 13.2 Å². The van der Waals surface area contributed by atoms with Gasteiger partial charge < -0.3 is 14.2 Å². The normalized spacial score (nSPS) is 15.7. The van der Waals surface area contributed by atoms with Crippen LogP contribution in [0.15, 0.2) is 36.7 Å². The van der Waals surface area contributed by atoms with Crippen LogP contribution >= 0.6 is 0 Å². The number of anilines is 1. The van der Waals surface area contributed by atoms with E-state index < -0.39 is 23.5 Å². The number of piperazine rings is 1. The fourth-order valence-corrected chi connectivity index (χ4v) is 6.12. The van der Waals surface area contributed by atoms with Gasteiger partial charge in [-0.25, -0.2) is 18.4 Å². The molecule has 0 N–H and O–H groups in total. The summed E-state index contributed by atoms with van der Waals surface area (Å²) in [4.78, 5) is 25.3. The molecule has 1 aliphatic heterocycles. The van der Waals surface area contributed by atoms with Crippen LogP contribution in [0.1, 0.15) is 31.1 Å². The minimum atomic E-state index is -3.19. The van der Waals surface area contributed by atoms with Gasteiger partial charge in [-0.05, 0) is 18.2 Å². The van der Waals surface area contributed by atoms with Crippen molar-refractivity contribution in [1.29, 1.82) is 0 Å². The Morgan fingerprint density at radius 2 is 1.79 bits per heavy atom. The number of carbonyl (C=O) groups excluding carboxylic acids is 1. The first-order valence-corrected chi connectivity index (χ1v) is 19.0. The van der Waals surface area contributed by atoms with Crippen LogP contribution in [0, 0.1) is 5.41 Å². The van der Waals surface area contributed by atoms with Crippen molar-refractivity contribution in [2.75, 3.05) is 43.9 Å². The van der Waals surface area contributed by atoms with Gasteiger partial charge in [-0.2, -0.15) is 4.31 Å². The van der Waals surface area contributed by atoms with E-state index in [2.05, 4.69) is 24.5 Å². The van der Waals surface area contributed by atoms with Crippen molar-refractivity contribution in [3.05, 3.63) is 42.2 Å². The largest absolute Gasteiger partial charge is 0.369 e. The third kappa shape index (κ3) is 7.13. The van der Waals surface area contributed by atoms with Crippen molar-refractivity contribution < 1.29 is 17.9 Å². The van der Waals surface area contributed by atoms with E-state index in [1.807, 2.05) is 55.8 Å². The first kappa shape index (κ1) is 29.4. The van der Waals surface area contributed by atoms with Crippen LogP contribution in [0.5, 0.6) is 0 Å². The lowest BCUT2D eigenvalue weighted by Crippen LogP contribution is -2.48. The second kappa shape index (κ2) is 11.1. The molecule has 0 unspecified atom stereocenters. The van der Waals surface area contributed by atoms with Gasteiger partial charge in [0.15, 0.2) is 11.4 Å². The highest BCUT2D eigenvalue weighted by molar-refractivity contribution is 7.88. The van der Waals surface area contributed by atoms with Crippen LogP contribution in [0.25, 0.3) is 22.4 Å². The summed E-state index contributed by atoms with van der Waals surface area (Å²) in [6.45, 7) is 15.8. The molecule has 1 fully saturated rings. The Labute approximate surface area is 233 Å². The number of ether oxygens (including phenoxy) is 1. The quantitative estimate of drug-likeness (QED) is 0.208. The van der Waals surface area contributed by atoms with Crippen LogP contribution < -0.4 is 4.90 Å². The lowest BCUT2D eigenvalue weighted by molar-refractivity contribution is 0.0849. The van der Waals surface area contributed by atoms with Crippen LogP contribution in [0.4, 0.5) is 5.69 Å². The third-order valence-electron chi connectivity index (χ3n) is 6.93. The van der Waals surface area contributed by atoms with Crippen molar-refractivity contribution in [1.82, 2.24) is 18.8 Å². The molecule has 0 aliphatic carbocycles. The van der Waals surface area contributed by atoms with E-state index in [1.165, 1.54) is 10.6 Å². The van der Waals surface area contributed by atoms with Gasteiger partial charge in [0.05, 0.1) is 23.7 Å². The maximum absolute atomic E-state index is 13.4. The number of carbonyl (C=O) groups is 1. The number of hydrogen-bond acceptors (Lipinski definition) is 7.